The van der Waals surface area contributed by atoms with Gasteiger partial charge in [-0.1, -0.05) is 12.1 Å². The Morgan fingerprint density at radius 2 is 1.97 bits per heavy atom. The molecule has 0 saturated heterocycles. The topological polar surface area (TPSA) is 81.4 Å². The van der Waals surface area contributed by atoms with Crippen LogP contribution >= 0.6 is 0 Å². The zero-order chi connectivity index (χ0) is 20.2. The lowest BCUT2D eigenvalue weighted by Crippen LogP contribution is -2.16. The van der Waals surface area contributed by atoms with Gasteiger partial charge in [-0.2, -0.15) is 5.26 Å². The van der Waals surface area contributed by atoms with Crippen LogP contribution in [0.4, 0.5) is 0 Å². The Balaban J connectivity index is 1.58. The number of aromatic nitrogens is 1. The number of hydrogen-bond donors (Lipinski definition) is 0. The molecule has 0 aliphatic carbocycles. The van der Waals surface area contributed by atoms with Gasteiger partial charge in [-0.3, -0.25) is 4.79 Å². The van der Waals surface area contributed by atoms with Crippen LogP contribution in [0.25, 0.3) is 0 Å². The molecule has 0 amide bonds. The Bertz CT molecular complexity index is 1100. The van der Waals surface area contributed by atoms with E-state index in [1.165, 1.54) is 7.11 Å². The van der Waals surface area contributed by atoms with Crippen molar-refractivity contribution in [2.45, 2.75) is 12.8 Å². The van der Waals surface area contributed by atoms with Gasteiger partial charge in [0.2, 0.25) is 11.6 Å². The molecule has 0 fully saturated rings. The third-order valence-corrected chi connectivity index (χ3v) is 4.66. The number of carbonyl (C=O) groups excluding carboxylic acids is 1. The van der Waals surface area contributed by atoms with E-state index in [9.17, 15) is 4.79 Å². The van der Waals surface area contributed by atoms with Crippen molar-refractivity contribution < 1.29 is 19.0 Å². The van der Waals surface area contributed by atoms with Crippen LogP contribution in [0, 0.1) is 11.3 Å². The first kappa shape index (κ1) is 18.5. The molecule has 6 heteroatoms. The van der Waals surface area contributed by atoms with Gasteiger partial charge in [0.15, 0.2) is 17.3 Å². The number of rotatable bonds is 5. The molecule has 6 nitrogen and oxygen atoms in total. The Hall–Kier alpha value is -3.85. The van der Waals surface area contributed by atoms with Crippen LogP contribution in [0.1, 0.15) is 33.5 Å². The fourth-order valence-electron chi connectivity index (χ4n) is 3.22. The fraction of sp³-hybridized carbons (Fsp3) is 0.174. The average Bonchev–Trinajstić information content (AvgIpc) is 2.75. The van der Waals surface area contributed by atoms with E-state index in [1.54, 1.807) is 30.5 Å². The maximum atomic E-state index is 12.1. The molecule has 144 valence electrons. The second-order valence-electron chi connectivity index (χ2n) is 6.59. The lowest BCUT2D eigenvalue weighted by atomic mass is 10.0. The van der Waals surface area contributed by atoms with Gasteiger partial charge in [-0.15, -0.1) is 0 Å². The molecule has 29 heavy (non-hydrogen) atoms. The highest BCUT2D eigenvalue weighted by atomic mass is 16.5. The molecule has 4 rings (SSSR count). The summed E-state index contributed by atoms with van der Waals surface area (Å²) >= 11 is 0. The van der Waals surface area contributed by atoms with E-state index in [1.807, 2.05) is 24.3 Å². The minimum absolute atomic E-state index is 0.0265. The van der Waals surface area contributed by atoms with E-state index in [-0.39, 0.29) is 5.78 Å². The zero-order valence-corrected chi connectivity index (χ0v) is 15.8. The van der Waals surface area contributed by atoms with E-state index >= 15 is 0 Å². The average molecular weight is 386 g/mol. The molecule has 0 N–H and O–H groups in total. The standard InChI is InChI=1S/C23H18N2O4/c1-27-23-20(7-6-18-19(26)9-11-28-22(18)23)29-21-13-17(8-10-25-21)12-15-2-4-16(14-24)5-3-15/h2-8,10,13H,9,11-12H2,1H3. The summed E-state index contributed by atoms with van der Waals surface area (Å²) in [6, 6.07) is 16.7. The smallest absolute Gasteiger partial charge is 0.219 e. The summed E-state index contributed by atoms with van der Waals surface area (Å²) in [6.07, 6.45) is 2.72. The highest BCUT2D eigenvalue weighted by Gasteiger charge is 2.25. The molecular weight excluding hydrogens is 368 g/mol. The van der Waals surface area contributed by atoms with Crippen molar-refractivity contribution in [1.29, 1.82) is 5.26 Å². The molecule has 3 aromatic rings. The molecule has 1 aliphatic rings. The minimum Gasteiger partial charge on any atom is -0.490 e. The number of nitrogens with zero attached hydrogens (tertiary/aromatic N) is 2. The van der Waals surface area contributed by atoms with Gasteiger partial charge in [-0.25, -0.2) is 4.98 Å². The number of hydrogen-bond acceptors (Lipinski definition) is 6. The predicted octanol–water partition coefficient (Wildman–Crippen LogP) is 4.31. The Morgan fingerprint density at radius 1 is 1.14 bits per heavy atom. The highest BCUT2D eigenvalue weighted by Crippen LogP contribution is 2.43. The monoisotopic (exact) mass is 386 g/mol. The van der Waals surface area contributed by atoms with Gasteiger partial charge in [0.1, 0.15) is 0 Å². The van der Waals surface area contributed by atoms with E-state index in [0.29, 0.717) is 53.7 Å². The molecule has 0 unspecified atom stereocenters. The third kappa shape index (κ3) is 3.90. The molecule has 0 atom stereocenters. The van der Waals surface area contributed by atoms with Gasteiger partial charge in [0.05, 0.1) is 30.9 Å². The van der Waals surface area contributed by atoms with Crippen LogP contribution in [-0.4, -0.2) is 24.5 Å². The summed E-state index contributed by atoms with van der Waals surface area (Å²) in [5.41, 5.74) is 3.23. The number of nitriles is 1. The number of Topliss-reactive ketones (excluding diaryl/α,β-unsaturated/α-hetero) is 1. The number of benzene rings is 2. The first-order valence-electron chi connectivity index (χ1n) is 9.17. The van der Waals surface area contributed by atoms with Crippen molar-refractivity contribution in [3.05, 3.63) is 77.0 Å². The molecule has 0 spiro atoms. The predicted molar refractivity (Wildman–Crippen MR) is 106 cm³/mol. The summed E-state index contributed by atoms with van der Waals surface area (Å²) in [4.78, 5) is 16.4. The van der Waals surface area contributed by atoms with E-state index in [4.69, 9.17) is 19.5 Å². The number of pyridine rings is 1. The largest absolute Gasteiger partial charge is 0.490 e. The molecule has 0 saturated carbocycles. The van der Waals surface area contributed by atoms with Gasteiger partial charge < -0.3 is 14.2 Å². The molecule has 1 aliphatic heterocycles. The summed E-state index contributed by atoms with van der Waals surface area (Å²) in [6.45, 7) is 0.323. The quantitative estimate of drug-likeness (QED) is 0.650. The third-order valence-electron chi connectivity index (χ3n) is 4.66. The van der Waals surface area contributed by atoms with Crippen LogP contribution in [0.5, 0.6) is 23.1 Å². The van der Waals surface area contributed by atoms with Crippen molar-refractivity contribution in [3.8, 4) is 29.2 Å². The van der Waals surface area contributed by atoms with Gasteiger partial charge in [-0.05, 0) is 47.9 Å². The van der Waals surface area contributed by atoms with Crippen molar-refractivity contribution in [1.82, 2.24) is 4.98 Å². The van der Waals surface area contributed by atoms with Crippen molar-refractivity contribution in [2.24, 2.45) is 0 Å². The molecule has 2 heterocycles. The van der Waals surface area contributed by atoms with E-state index in [2.05, 4.69) is 11.1 Å². The lowest BCUT2D eigenvalue weighted by Gasteiger charge is -2.20. The van der Waals surface area contributed by atoms with E-state index < -0.39 is 0 Å². The Kier molecular flexibility index (Phi) is 5.12. The molecule has 2 aromatic carbocycles. The maximum Gasteiger partial charge on any atom is 0.219 e. The summed E-state index contributed by atoms with van der Waals surface area (Å²) in [5, 5.41) is 8.91. The van der Waals surface area contributed by atoms with Gasteiger partial charge >= 0.3 is 0 Å². The summed E-state index contributed by atoms with van der Waals surface area (Å²) in [7, 11) is 1.51. The number of fused-ring (bicyclic) bond motifs is 1. The summed E-state index contributed by atoms with van der Waals surface area (Å²) in [5.74, 6) is 1.67. The van der Waals surface area contributed by atoms with E-state index in [0.717, 1.165) is 11.1 Å². The molecule has 0 radical (unpaired) electrons. The van der Waals surface area contributed by atoms with Gasteiger partial charge in [0.25, 0.3) is 0 Å². The van der Waals surface area contributed by atoms with Crippen molar-refractivity contribution in [3.63, 3.8) is 0 Å². The van der Waals surface area contributed by atoms with Crippen LogP contribution in [0.2, 0.25) is 0 Å². The molecule has 0 bridgehead atoms. The Labute approximate surface area is 168 Å². The SMILES string of the molecule is COc1c(Oc2cc(Cc3ccc(C#N)cc3)ccn2)ccc2c1OCCC2=O. The second kappa shape index (κ2) is 8.03. The van der Waals surface area contributed by atoms with Crippen molar-refractivity contribution >= 4 is 5.78 Å². The summed E-state index contributed by atoms with van der Waals surface area (Å²) < 4.78 is 17.0. The number of methoxy groups -OCH3 is 1. The van der Waals surface area contributed by atoms with Crippen LogP contribution in [0.3, 0.4) is 0 Å². The van der Waals surface area contributed by atoms with Crippen molar-refractivity contribution in [2.75, 3.05) is 13.7 Å². The second-order valence-corrected chi connectivity index (χ2v) is 6.59. The molecule has 1 aromatic heterocycles. The van der Waals surface area contributed by atoms with Crippen LogP contribution < -0.4 is 14.2 Å². The maximum absolute atomic E-state index is 12.1. The normalized spacial score (nSPS) is 12.5. The minimum atomic E-state index is 0.0265. The first-order valence-corrected chi connectivity index (χ1v) is 9.17. The van der Waals surface area contributed by atoms with Crippen LogP contribution in [-0.2, 0) is 6.42 Å². The zero-order valence-electron chi connectivity index (χ0n) is 15.8. The van der Waals surface area contributed by atoms with Crippen LogP contribution in [0.15, 0.2) is 54.7 Å². The highest BCUT2D eigenvalue weighted by molar-refractivity contribution is 6.00. The van der Waals surface area contributed by atoms with Gasteiger partial charge in [0, 0.05) is 18.7 Å². The molecular formula is C23H18N2O4. The fourth-order valence-corrected chi connectivity index (χ4v) is 3.22. The number of ether oxygens (including phenoxy) is 3. The first-order chi connectivity index (χ1) is 14.2. The Morgan fingerprint density at radius 3 is 2.72 bits per heavy atom. The lowest BCUT2D eigenvalue weighted by molar-refractivity contribution is 0.0930. The number of carbonyl (C=O) groups is 1. The number of ketones is 1.